The molecule has 0 heterocycles. The molecular weight excluding hydrogens is 396 g/mol. The Bertz CT molecular complexity index is 868. The van der Waals surface area contributed by atoms with Gasteiger partial charge in [0.05, 0.1) is 6.10 Å². The molecule has 0 spiro atoms. The fraction of sp³-hybridized carbons (Fsp3) is 0.536. The summed E-state index contributed by atoms with van der Waals surface area (Å²) in [6.45, 7) is 8.99. The Morgan fingerprint density at radius 1 is 1.16 bits per heavy atom. The summed E-state index contributed by atoms with van der Waals surface area (Å²) in [6.07, 6.45) is 11.7. The summed E-state index contributed by atoms with van der Waals surface area (Å²) in [7, 11) is 4.03. The average molecular weight is 437 g/mol. The standard InChI is InChI=1S/C28H40N2O2/c1-18-10-13-23-16-20(3)27(31)21(4)26(23)25(18)9-7-8-19(2)28(32)29-17-22-11-14-24(15-12-22)30(5)6/h7-15,18,20-21,23,25-27,31H,16-17H2,1-6H3,(H,29,32)/t18-,20+,21-,23-,25-,26-,27-/m0/s1. The lowest BCUT2D eigenvalue weighted by molar-refractivity contribution is -0.117. The first-order valence-electron chi connectivity index (χ1n) is 11.9. The number of aliphatic hydroxyl groups excluding tert-OH is 1. The third kappa shape index (κ3) is 5.53. The minimum Gasteiger partial charge on any atom is -0.393 e. The molecule has 0 bridgehead atoms. The lowest BCUT2D eigenvalue weighted by Gasteiger charge is -2.48. The van der Waals surface area contributed by atoms with Crippen LogP contribution in [0, 0.1) is 35.5 Å². The van der Waals surface area contributed by atoms with Gasteiger partial charge in [-0.25, -0.2) is 0 Å². The van der Waals surface area contributed by atoms with E-state index in [1.807, 2.05) is 45.3 Å². The number of nitrogens with one attached hydrogen (secondary N) is 1. The number of amides is 1. The molecule has 4 heteroatoms. The highest BCUT2D eigenvalue weighted by Crippen LogP contribution is 2.48. The fourth-order valence-corrected chi connectivity index (χ4v) is 5.44. The SMILES string of the molecule is CC(=CC=C[C@@H]1[C@H]2[C@H](C)[C@@H](O)[C@H](C)C[C@@H]2C=C[C@@H]1C)C(=O)NCc1ccc(N(C)C)cc1. The van der Waals surface area contributed by atoms with Crippen LogP contribution >= 0.6 is 0 Å². The number of nitrogens with zero attached hydrogens (tertiary/aromatic N) is 1. The van der Waals surface area contributed by atoms with Crippen LogP contribution in [0.3, 0.4) is 0 Å². The minimum atomic E-state index is -0.235. The third-order valence-electron chi connectivity index (χ3n) is 7.52. The van der Waals surface area contributed by atoms with E-state index in [4.69, 9.17) is 0 Å². The zero-order valence-corrected chi connectivity index (χ0v) is 20.5. The molecule has 7 atom stereocenters. The van der Waals surface area contributed by atoms with Crippen LogP contribution in [-0.2, 0) is 11.3 Å². The molecule has 0 aliphatic heterocycles. The minimum absolute atomic E-state index is 0.0453. The van der Waals surface area contributed by atoms with Crippen molar-refractivity contribution in [2.75, 3.05) is 19.0 Å². The van der Waals surface area contributed by atoms with E-state index >= 15 is 0 Å². The van der Waals surface area contributed by atoms with Crippen LogP contribution in [0.15, 0.2) is 60.2 Å². The van der Waals surface area contributed by atoms with Crippen molar-refractivity contribution in [3.05, 3.63) is 65.8 Å². The summed E-state index contributed by atoms with van der Waals surface area (Å²) < 4.78 is 0. The van der Waals surface area contributed by atoms with E-state index in [-0.39, 0.29) is 17.9 Å². The highest BCUT2D eigenvalue weighted by atomic mass is 16.3. The predicted molar refractivity (Wildman–Crippen MR) is 133 cm³/mol. The van der Waals surface area contributed by atoms with Crippen molar-refractivity contribution < 1.29 is 9.90 Å². The van der Waals surface area contributed by atoms with Crippen molar-refractivity contribution >= 4 is 11.6 Å². The van der Waals surface area contributed by atoms with E-state index in [0.29, 0.717) is 41.7 Å². The van der Waals surface area contributed by atoms with Crippen molar-refractivity contribution in [2.24, 2.45) is 35.5 Å². The number of allylic oxidation sites excluding steroid dienone is 5. The van der Waals surface area contributed by atoms with Crippen LogP contribution in [0.5, 0.6) is 0 Å². The molecule has 0 radical (unpaired) electrons. The largest absolute Gasteiger partial charge is 0.393 e. The second-order valence-corrected chi connectivity index (χ2v) is 10.1. The van der Waals surface area contributed by atoms with Gasteiger partial charge in [0.25, 0.3) is 0 Å². The number of rotatable bonds is 6. The fourth-order valence-electron chi connectivity index (χ4n) is 5.44. The summed E-state index contributed by atoms with van der Waals surface area (Å²) in [5.74, 6) is 2.37. The molecule has 0 saturated heterocycles. The van der Waals surface area contributed by atoms with Crippen LogP contribution in [0.25, 0.3) is 0 Å². The van der Waals surface area contributed by atoms with Gasteiger partial charge in [-0.05, 0) is 66.5 Å². The molecule has 3 rings (SSSR count). The van der Waals surface area contributed by atoms with E-state index < -0.39 is 0 Å². The summed E-state index contributed by atoms with van der Waals surface area (Å²) in [5.41, 5.74) is 2.93. The smallest absolute Gasteiger partial charge is 0.247 e. The molecule has 0 aromatic heterocycles. The van der Waals surface area contributed by atoms with Gasteiger partial charge in [-0.1, -0.05) is 63.3 Å². The molecule has 174 valence electrons. The maximum atomic E-state index is 12.5. The number of carbonyl (C=O) groups excluding carboxylic acids is 1. The van der Waals surface area contributed by atoms with E-state index in [2.05, 4.69) is 61.3 Å². The molecule has 2 N–H and O–H groups in total. The van der Waals surface area contributed by atoms with Gasteiger partial charge in [0.1, 0.15) is 0 Å². The Labute approximate surface area is 194 Å². The number of benzene rings is 1. The maximum absolute atomic E-state index is 12.5. The van der Waals surface area contributed by atoms with Crippen molar-refractivity contribution in [1.82, 2.24) is 5.32 Å². The first-order chi connectivity index (χ1) is 15.2. The van der Waals surface area contributed by atoms with Crippen molar-refractivity contribution in [1.29, 1.82) is 0 Å². The van der Waals surface area contributed by atoms with Crippen LogP contribution in [0.1, 0.15) is 39.7 Å². The molecule has 0 unspecified atom stereocenters. The molecule has 32 heavy (non-hydrogen) atoms. The van der Waals surface area contributed by atoms with E-state index in [9.17, 15) is 9.90 Å². The number of anilines is 1. The summed E-state index contributed by atoms with van der Waals surface area (Å²) in [4.78, 5) is 14.6. The normalized spacial score (nSPS) is 32.6. The Morgan fingerprint density at radius 2 is 1.84 bits per heavy atom. The topological polar surface area (TPSA) is 52.6 Å². The molecule has 1 amide bonds. The van der Waals surface area contributed by atoms with Gasteiger partial charge in [-0.3, -0.25) is 4.79 Å². The number of aliphatic hydroxyl groups is 1. The van der Waals surface area contributed by atoms with Crippen LogP contribution < -0.4 is 10.2 Å². The Kier molecular flexibility index (Phi) is 8.00. The molecule has 4 nitrogen and oxygen atoms in total. The lowest BCUT2D eigenvalue weighted by atomic mass is 9.58. The van der Waals surface area contributed by atoms with E-state index in [1.165, 1.54) is 0 Å². The monoisotopic (exact) mass is 436 g/mol. The van der Waals surface area contributed by atoms with Gasteiger partial charge in [0.2, 0.25) is 5.91 Å². The van der Waals surface area contributed by atoms with Crippen LogP contribution in [0.4, 0.5) is 5.69 Å². The third-order valence-corrected chi connectivity index (χ3v) is 7.52. The number of carbonyl (C=O) groups is 1. The second kappa shape index (κ2) is 10.5. The maximum Gasteiger partial charge on any atom is 0.247 e. The van der Waals surface area contributed by atoms with Gasteiger partial charge in [0.15, 0.2) is 0 Å². The Morgan fingerprint density at radius 3 is 2.50 bits per heavy atom. The molecular formula is C28H40N2O2. The second-order valence-electron chi connectivity index (χ2n) is 10.1. The molecule has 1 aromatic rings. The zero-order chi connectivity index (χ0) is 23.4. The van der Waals surface area contributed by atoms with Crippen molar-refractivity contribution in [2.45, 2.75) is 46.8 Å². The molecule has 2 aliphatic rings. The van der Waals surface area contributed by atoms with Crippen molar-refractivity contribution in [3.63, 3.8) is 0 Å². The van der Waals surface area contributed by atoms with Crippen LogP contribution in [-0.4, -0.2) is 31.2 Å². The van der Waals surface area contributed by atoms with Crippen LogP contribution in [0.2, 0.25) is 0 Å². The molecule has 1 saturated carbocycles. The number of hydrogen-bond donors (Lipinski definition) is 2. The quantitative estimate of drug-likeness (QED) is 0.376. The summed E-state index contributed by atoms with van der Waals surface area (Å²) in [6, 6.07) is 8.21. The lowest BCUT2D eigenvalue weighted by Crippen LogP contribution is -2.46. The highest BCUT2D eigenvalue weighted by molar-refractivity contribution is 5.93. The first kappa shape index (κ1) is 24.3. The number of hydrogen-bond acceptors (Lipinski definition) is 3. The average Bonchev–Trinajstić information content (AvgIpc) is 2.77. The zero-order valence-electron chi connectivity index (χ0n) is 20.5. The van der Waals surface area contributed by atoms with Gasteiger partial charge in [-0.2, -0.15) is 0 Å². The summed E-state index contributed by atoms with van der Waals surface area (Å²) in [5, 5.41) is 13.7. The van der Waals surface area contributed by atoms with E-state index in [0.717, 1.165) is 17.7 Å². The van der Waals surface area contributed by atoms with Gasteiger partial charge in [-0.15, -0.1) is 0 Å². The van der Waals surface area contributed by atoms with Gasteiger partial charge < -0.3 is 15.3 Å². The van der Waals surface area contributed by atoms with Gasteiger partial charge in [0, 0.05) is 31.9 Å². The predicted octanol–water partition coefficient (Wildman–Crippen LogP) is 4.96. The van der Waals surface area contributed by atoms with E-state index in [1.54, 1.807) is 0 Å². The number of fused-ring (bicyclic) bond motifs is 1. The molecule has 1 aromatic carbocycles. The van der Waals surface area contributed by atoms with Gasteiger partial charge >= 0.3 is 0 Å². The summed E-state index contributed by atoms with van der Waals surface area (Å²) >= 11 is 0. The van der Waals surface area contributed by atoms with Crippen molar-refractivity contribution in [3.8, 4) is 0 Å². The molecule has 1 fully saturated rings. The Balaban J connectivity index is 1.60. The Hall–Kier alpha value is -2.33. The molecule has 2 aliphatic carbocycles. The highest BCUT2D eigenvalue weighted by Gasteiger charge is 2.44. The first-order valence-corrected chi connectivity index (χ1v) is 11.9.